The Labute approximate surface area is 112 Å². The highest BCUT2D eigenvalue weighted by Gasteiger charge is 2.13. The van der Waals surface area contributed by atoms with Crippen molar-refractivity contribution in [3.63, 3.8) is 0 Å². The summed E-state index contributed by atoms with van der Waals surface area (Å²) >= 11 is 0. The highest BCUT2D eigenvalue weighted by Crippen LogP contribution is 2.17. The molecule has 4 nitrogen and oxygen atoms in total. The molecule has 1 fully saturated rings. The number of phenolic OH excluding ortho intramolecular Hbond substituents is 1. The maximum absolute atomic E-state index is 12.8. The van der Waals surface area contributed by atoms with Gasteiger partial charge in [0.25, 0.3) is 5.91 Å². The zero-order valence-corrected chi connectivity index (χ0v) is 10.9. The lowest BCUT2D eigenvalue weighted by atomic mass is 10.2. The fourth-order valence-corrected chi connectivity index (χ4v) is 2.30. The molecular weight excluding hydrogens is 247 g/mol. The second kappa shape index (κ2) is 6.52. The third kappa shape index (κ3) is 3.92. The third-order valence-corrected chi connectivity index (χ3v) is 3.34. The summed E-state index contributed by atoms with van der Waals surface area (Å²) < 4.78 is 12.8. The van der Waals surface area contributed by atoms with E-state index in [9.17, 15) is 14.3 Å². The first-order chi connectivity index (χ1) is 9.16. The molecule has 2 rings (SSSR count). The fourth-order valence-electron chi connectivity index (χ4n) is 2.30. The molecule has 0 aromatic heterocycles. The molecule has 0 radical (unpaired) electrons. The van der Waals surface area contributed by atoms with Crippen molar-refractivity contribution >= 4 is 5.91 Å². The van der Waals surface area contributed by atoms with E-state index in [1.807, 2.05) is 0 Å². The van der Waals surface area contributed by atoms with Crippen LogP contribution in [0.3, 0.4) is 0 Å². The van der Waals surface area contributed by atoms with Crippen molar-refractivity contribution < 1.29 is 14.3 Å². The summed E-state index contributed by atoms with van der Waals surface area (Å²) in [6.07, 6.45) is 3.40. The number of carbonyl (C=O) groups excluding carboxylic acids is 1. The predicted molar refractivity (Wildman–Crippen MR) is 70.7 cm³/mol. The van der Waals surface area contributed by atoms with Crippen LogP contribution in [0, 0.1) is 5.82 Å². The quantitative estimate of drug-likeness (QED) is 0.798. The number of hydrogen-bond donors (Lipinski definition) is 2. The molecule has 0 spiro atoms. The van der Waals surface area contributed by atoms with Crippen LogP contribution in [-0.2, 0) is 0 Å². The summed E-state index contributed by atoms with van der Waals surface area (Å²) in [6.45, 7) is 3.83. The SMILES string of the molecule is O=C(NCCCN1CCCC1)c1ccc(F)cc1O. The van der Waals surface area contributed by atoms with Crippen LogP contribution < -0.4 is 5.32 Å². The number of hydrogen-bond acceptors (Lipinski definition) is 3. The van der Waals surface area contributed by atoms with E-state index in [2.05, 4.69) is 10.2 Å². The first-order valence-electron chi connectivity index (χ1n) is 6.66. The predicted octanol–water partition coefficient (Wildman–Crippen LogP) is 1.75. The van der Waals surface area contributed by atoms with Crippen molar-refractivity contribution in [1.82, 2.24) is 10.2 Å². The average Bonchev–Trinajstić information content (AvgIpc) is 2.87. The van der Waals surface area contributed by atoms with Gasteiger partial charge in [-0.2, -0.15) is 0 Å². The standard InChI is InChI=1S/C14H19FN2O2/c15-11-4-5-12(13(18)10-11)14(19)16-6-3-9-17-7-1-2-8-17/h4-5,10,18H,1-3,6-9H2,(H,16,19). The highest BCUT2D eigenvalue weighted by atomic mass is 19.1. The van der Waals surface area contributed by atoms with Crippen molar-refractivity contribution in [1.29, 1.82) is 0 Å². The van der Waals surface area contributed by atoms with E-state index in [0.29, 0.717) is 6.54 Å². The first-order valence-corrected chi connectivity index (χ1v) is 6.66. The molecule has 1 aromatic carbocycles. The Morgan fingerprint density at radius 3 is 2.79 bits per heavy atom. The van der Waals surface area contributed by atoms with Crippen LogP contribution in [-0.4, -0.2) is 42.1 Å². The number of aromatic hydroxyl groups is 1. The molecule has 19 heavy (non-hydrogen) atoms. The van der Waals surface area contributed by atoms with Gasteiger partial charge in [0, 0.05) is 12.6 Å². The number of nitrogens with one attached hydrogen (secondary N) is 1. The summed E-state index contributed by atoms with van der Waals surface area (Å²) in [5.74, 6) is -1.24. The minimum absolute atomic E-state index is 0.113. The maximum Gasteiger partial charge on any atom is 0.255 e. The Balaban J connectivity index is 1.74. The van der Waals surface area contributed by atoms with Gasteiger partial charge >= 0.3 is 0 Å². The minimum atomic E-state index is -0.553. The van der Waals surface area contributed by atoms with Gasteiger partial charge in [0.15, 0.2) is 0 Å². The van der Waals surface area contributed by atoms with Gasteiger partial charge in [-0.1, -0.05) is 0 Å². The largest absolute Gasteiger partial charge is 0.507 e. The van der Waals surface area contributed by atoms with Crippen molar-refractivity contribution in [3.8, 4) is 5.75 Å². The van der Waals surface area contributed by atoms with Crippen LogP contribution in [0.4, 0.5) is 4.39 Å². The second-order valence-electron chi connectivity index (χ2n) is 4.82. The van der Waals surface area contributed by atoms with Gasteiger partial charge in [-0.3, -0.25) is 4.79 Å². The molecule has 0 atom stereocenters. The number of nitrogens with zero attached hydrogens (tertiary/aromatic N) is 1. The Morgan fingerprint density at radius 2 is 2.11 bits per heavy atom. The topological polar surface area (TPSA) is 52.6 Å². The zero-order valence-electron chi connectivity index (χ0n) is 10.9. The van der Waals surface area contributed by atoms with E-state index in [-0.39, 0.29) is 17.2 Å². The van der Waals surface area contributed by atoms with Gasteiger partial charge in [-0.15, -0.1) is 0 Å². The van der Waals surface area contributed by atoms with Crippen molar-refractivity contribution in [2.24, 2.45) is 0 Å². The van der Waals surface area contributed by atoms with E-state index in [1.54, 1.807) is 0 Å². The van der Waals surface area contributed by atoms with Gasteiger partial charge in [0.2, 0.25) is 0 Å². The third-order valence-electron chi connectivity index (χ3n) is 3.34. The van der Waals surface area contributed by atoms with Crippen LogP contribution in [0.5, 0.6) is 5.75 Å². The fraction of sp³-hybridized carbons (Fsp3) is 0.500. The Morgan fingerprint density at radius 1 is 1.37 bits per heavy atom. The number of phenols is 1. The monoisotopic (exact) mass is 266 g/mol. The second-order valence-corrected chi connectivity index (χ2v) is 4.82. The number of amides is 1. The lowest BCUT2D eigenvalue weighted by molar-refractivity contribution is 0.0949. The van der Waals surface area contributed by atoms with Crippen LogP contribution in [0.2, 0.25) is 0 Å². The van der Waals surface area contributed by atoms with Gasteiger partial charge in [-0.25, -0.2) is 4.39 Å². The van der Waals surface area contributed by atoms with Gasteiger partial charge in [-0.05, 0) is 51.0 Å². The lowest BCUT2D eigenvalue weighted by Gasteiger charge is -2.14. The molecule has 2 N–H and O–H groups in total. The van der Waals surface area contributed by atoms with Crippen molar-refractivity contribution in [2.75, 3.05) is 26.2 Å². The van der Waals surface area contributed by atoms with Crippen LogP contribution >= 0.6 is 0 Å². The maximum atomic E-state index is 12.8. The molecule has 5 heteroatoms. The van der Waals surface area contributed by atoms with Gasteiger partial charge in [0.05, 0.1) is 5.56 Å². The minimum Gasteiger partial charge on any atom is -0.507 e. The highest BCUT2D eigenvalue weighted by molar-refractivity contribution is 5.96. The van der Waals surface area contributed by atoms with E-state index in [4.69, 9.17) is 0 Å². The molecule has 1 aliphatic rings. The summed E-state index contributed by atoms with van der Waals surface area (Å²) in [4.78, 5) is 14.1. The van der Waals surface area contributed by atoms with E-state index in [0.717, 1.165) is 32.1 Å². The Bertz CT molecular complexity index is 445. The number of carbonyl (C=O) groups is 1. The molecule has 1 aromatic rings. The van der Waals surface area contributed by atoms with Crippen LogP contribution in [0.25, 0.3) is 0 Å². The van der Waals surface area contributed by atoms with E-state index < -0.39 is 5.82 Å². The van der Waals surface area contributed by atoms with Crippen molar-refractivity contribution in [3.05, 3.63) is 29.6 Å². The molecular formula is C14H19FN2O2. The number of likely N-dealkylation sites (tertiary alicyclic amines) is 1. The number of benzene rings is 1. The molecule has 0 aliphatic carbocycles. The molecule has 1 aliphatic heterocycles. The summed E-state index contributed by atoms with van der Waals surface area (Å²) in [6, 6.07) is 3.40. The molecule has 0 bridgehead atoms. The molecule has 0 unspecified atom stereocenters. The summed E-state index contributed by atoms with van der Waals surface area (Å²) in [5.41, 5.74) is 0.113. The number of halogens is 1. The summed E-state index contributed by atoms with van der Waals surface area (Å²) in [7, 11) is 0. The van der Waals surface area contributed by atoms with E-state index in [1.165, 1.54) is 25.0 Å². The molecule has 104 valence electrons. The molecule has 1 saturated heterocycles. The van der Waals surface area contributed by atoms with Crippen molar-refractivity contribution in [2.45, 2.75) is 19.3 Å². The Hall–Kier alpha value is -1.62. The van der Waals surface area contributed by atoms with Gasteiger partial charge in [0.1, 0.15) is 11.6 Å². The normalized spacial score (nSPS) is 15.6. The van der Waals surface area contributed by atoms with Gasteiger partial charge < -0.3 is 15.3 Å². The molecule has 1 heterocycles. The lowest BCUT2D eigenvalue weighted by Crippen LogP contribution is -2.28. The number of rotatable bonds is 5. The smallest absolute Gasteiger partial charge is 0.255 e. The van der Waals surface area contributed by atoms with E-state index >= 15 is 0 Å². The zero-order chi connectivity index (χ0) is 13.7. The Kier molecular flexibility index (Phi) is 4.74. The molecule has 1 amide bonds. The molecule has 0 saturated carbocycles. The average molecular weight is 266 g/mol. The first kappa shape index (κ1) is 13.8. The van der Waals surface area contributed by atoms with Crippen LogP contribution in [0.15, 0.2) is 18.2 Å². The summed E-state index contributed by atoms with van der Waals surface area (Å²) in [5, 5.41) is 12.2. The van der Waals surface area contributed by atoms with Crippen LogP contribution in [0.1, 0.15) is 29.6 Å².